The van der Waals surface area contributed by atoms with Crippen molar-refractivity contribution in [1.29, 1.82) is 0 Å². The Bertz CT molecular complexity index is 1530. The van der Waals surface area contributed by atoms with Crippen LogP contribution in [0.4, 0.5) is 0 Å². The van der Waals surface area contributed by atoms with Crippen LogP contribution in [0.2, 0.25) is 0 Å². The summed E-state index contributed by atoms with van der Waals surface area (Å²) in [6.07, 6.45) is 10.3. The molecule has 0 fully saturated rings. The molecule has 0 spiro atoms. The van der Waals surface area contributed by atoms with Crippen molar-refractivity contribution in [2.45, 2.75) is 84.7 Å². The number of fused-ring (bicyclic) bond motifs is 1. The van der Waals surface area contributed by atoms with Crippen LogP contribution in [0, 0.1) is 20.8 Å². The van der Waals surface area contributed by atoms with E-state index in [2.05, 4.69) is 130 Å². The van der Waals surface area contributed by atoms with Crippen molar-refractivity contribution in [1.82, 2.24) is 0 Å². The van der Waals surface area contributed by atoms with Gasteiger partial charge in [0.05, 0.1) is 6.16 Å². The fourth-order valence-electron chi connectivity index (χ4n) is 7.22. The third kappa shape index (κ3) is 8.25. The highest BCUT2D eigenvalue weighted by Crippen LogP contribution is 2.56. The van der Waals surface area contributed by atoms with Crippen LogP contribution in [0.1, 0.15) is 74.1 Å². The van der Waals surface area contributed by atoms with Gasteiger partial charge in [-0.05, 0) is 126 Å². The quantitative estimate of drug-likeness (QED) is 0.0400. The highest BCUT2D eigenvalue weighted by Gasteiger charge is 2.44. The van der Waals surface area contributed by atoms with E-state index >= 15 is 0 Å². The van der Waals surface area contributed by atoms with E-state index < -0.39 is 13.2 Å². The average molecular weight is 668 g/mol. The molecule has 4 aromatic rings. The molecule has 48 heavy (non-hydrogen) atoms. The molecule has 0 radical (unpaired) electrons. The molecule has 0 aliphatic carbocycles. The molecule has 6 heteroatoms. The maximum absolute atomic E-state index is 9.01. The van der Waals surface area contributed by atoms with Gasteiger partial charge in [-0.1, -0.05) is 67.4 Å². The predicted octanol–water partition coefficient (Wildman–Crippen LogP) is 9.39. The summed E-state index contributed by atoms with van der Waals surface area (Å²) in [6.45, 7) is 12.3. The fourth-order valence-corrected chi connectivity index (χ4v) is 11.6. The van der Waals surface area contributed by atoms with Gasteiger partial charge in [-0.3, -0.25) is 4.89 Å². The largest absolute Gasteiger partial charge is 0.490 e. The summed E-state index contributed by atoms with van der Waals surface area (Å²) < 4.78 is 12.9. The van der Waals surface area contributed by atoms with Crippen molar-refractivity contribution in [3.05, 3.63) is 126 Å². The lowest BCUT2D eigenvalue weighted by molar-refractivity contribution is -0.288. The van der Waals surface area contributed by atoms with Crippen LogP contribution in [0.3, 0.4) is 0 Å². The first-order valence-electron chi connectivity index (χ1n) is 17.4. The van der Waals surface area contributed by atoms with Crippen LogP contribution in [0.15, 0.2) is 104 Å². The molecule has 1 aliphatic heterocycles. The number of aliphatic hydroxyl groups is 1. The first-order valence-corrected chi connectivity index (χ1v) is 19.4. The molecule has 5 nitrogen and oxygen atoms in total. The van der Waals surface area contributed by atoms with Gasteiger partial charge in [0, 0.05) is 5.56 Å². The number of hydrogen-bond acceptors (Lipinski definition) is 5. The van der Waals surface area contributed by atoms with E-state index in [1.54, 1.807) is 0 Å². The third-order valence-electron chi connectivity index (χ3n) is 9.92. The fraction of sp³-hybridized carbons (Fsp3) is 0.381. The van der Waals surface area contributed by atoms with Crippen molar-refractivity contribution >= 4 is 23.2 Å². The van der Waals surface area contributed by atoms with Crippen molar-refractivity contribution in [3.8, 4) is 11.5 Å². The van der Waals surface area contributed by atoms with Gasteiger partial charge in [-0.2, -0.15) is 4.89 Å². The maximum Gasteiger partial charge on any atom is 0.307 e. The van der Waals surface area contributed by atoms with Crippen LogP contribution in [-0.4, -0.2) is 30.1 Å². The molecular weight excluding hydrogens is 615 g/mol. The summed E-state index contributed by atoms with van der Waals surface area (Å²) in [5, 5.41) is 13.4. The predicted molar refractivity (Wildman–Crippen MR) is 200 cm³/mol. The summed E-state index contributed by atoms with van der Waals surface area (Å²) >= 11 is 0. The minimum Gasteiger partial charge on any atom is -0.490 e. The molecule has 1 aliphatic rings. The highest BCUT2D eigenvalue weighted by molar-refractivity contribution is 7.95. The Morgan fingerprint density at radius 3 is 1.85 bits per heavy atom. The van der Waals surface area contributed by atoms with Gasteiger partial charge in [0.25, 0.3) is 0 Å². The summed E-state index contributed by atoms with van der Waals surface area (Å²) in [4.78, 5) is 9.47. The van der Waals surface area contributed by atoms with Crippen LogP contribution < -0.4 is 25.4 Å². The van der Waals surface area contributed by atoms with Gasteiger partial charge in [-0.15, -0.1) is 0 Å². The average Bonchev–Trinajstić information content (AvgIpc) is 3.11. The van der Waals surface area contributed by atoms with Crippen LogP contribution in [0.25, 0.3) is 0 Å². The number of aliphatic hydroxyl groups excluding tert-OH is 1. The van der Waals surface area contributed by atoms with Crippen LogP contribution >= 0.6 is 7.26 Å². The Labute approximate surface area is 288 Å². The lowest BCUT2D eigenvalue weighted by atomic mass is 9.84. The molecule has 1 unspecified atom stereocenters. The zero-order valence-electron chi connectivity index (χ0n) is 29.2. The minimum atomic E-state index is -1.76. The number of ether oxygens (including phenoxy) is 2. The van der Waals surface area contributed by atoms with Gasteiger partial charge in [0.2, 0.25) is 0 Å². The third-order valence-corrected chi connectivity index (χ3v) is 14.4. The van der Waals surface area contributed by atoms with Gasteiger partial charge in [0.1, 0.15) is 53.5 Å². The zero-order valence-corrected chi connectivity index (χ0v) is 30.1. The van der Waals surface area contributed by atoms with E-state index in [0.29, 0.717) is 6.61 Å². The molecule has 0 amide bonds. The van der Waals surface area contributed by atoms with Gasteiger partial charge in [0.15, 0.2) is 0 Å². The molecule has 0 aromatic heterocycles. The minimum absolute atomic E-state index is 0.161. The Kier molecular flexibility index (Phi) is 12.2. The SMILES string of the molecule is C=C(O)OOCCOc1c(C)c(C)c2c(c1C)CCC(C)(CCCCCCC[P+](c1ccccc1)(c1ccccc1)c1ccccc1)O2. The normalized spacial score (nSPS) is 15.8. The zero-order chi connectivity index (χ0) is 34.0. The first-order chi connectivity index (χ1) is 23.2. The lowest BCUT2D eigenvalue weighted by Gasteiger charge is -2.38. The second-order valence-corrected chi connectivity index (χ2v) is 16.9. The Hall–Kier alpha value is -3.79. The molecular formula is C42H52O5P+. The van der Waals surface area contributed by atoms with E-state index in [1.165, 1.54) is 59.7 Å². The lowest BCUT2D eigenvalue weighted by Crippen LogP contribution is -2.37. The molecule has 254 valence electrons. The van der Waals surface area contributed by atoms with Crippen molar-refractivity contribution in [2.75, 3.05) is 19.4 Å². The van der Waals surface area contributed by atoms with Gasteiger partial charge >= 0.3 is 5.95 Å². The standard InChI is InChI=1S/C42H51O5P/c1-32-33(2)41-39(34(3)40(32)44-29-30-45-47-35(4)43)26-28-42(5,46-41)27-18-7-6-8-19-31-48(36-20-12-9-13-21-36,37-22-14-10-15-23-37)38-24-16-11-17-25-38/h9-17,20-25H,4,6-8,18-19,26-31H2,1-3,5H3/p+1. The Balaban J connectivity index is 1.16. The van der Waals surface area contributed by atoms with Gasteiger partial charge in [-0.25, -0.2) is 0 Å². The number of unbranched alkanes of at least 4 members (excludes halogenated alkanes) is 4. The van der Waals surface area contributed by atoms with Gasteiger partial charge < -0.3 is 14.6 Å². The molecule has 1 atom stereocenters. The van der Waals surface area contributed by atoms with E-state index in [-0.39, 0.29) is 12.2 Å². The molecule has 0 bridgehead atoms. The number of rotatable bonds is 17. The first kappa shape index (κ1) is 35.5. The molecule has 4 aromatic carbocycles. The van der Waals surface area contributed by atoms with Crippen molar-refractivity contribution in [2.24, 2.45) is 0 Å². The second-order valence-electron chi connectivity index (χ2n) is 13.3. The molecule has 1 heterocycles. The summed E-state index contributed by atoms with van der Waals surface area (Å²) in [5.74, 6) is 1.44. The van der Waals surface area contributed by atoms with Crippen LogP contribution in [0.5, 0.6) is 11.5 Å². The summed E-state index contributed by atoms with van der Waals surface area (Å²) in [7, 11) is -1.76. The molecule has 0 saturated carbocycles. The van der Waals surface area contributed by atoms with E-state index in [0.717, 1.165) is 47.5 Å². The maximum atomic E-state index is 9.01. The summed E-state index contributed by atoms with van der Waals surface area (Å²) in [6, 6.07) is 33.7. The van der Waals surface area contributed by atoms with E-state index in [9.17, 15) is 0 Å². The number of benzene rings is 4. The Morgan fingerprint density at radius 1 is 0.750 bits per heavy atom. The number of hydrogen-bond donors (Lipinski definition) is 1. The Morgan fingerprint density at radius 2 is 1.29 bits per heavy atom. The molecule has 1 N–H and O–H groups in total. The van der Waals surface area contributed by atoms with Crippen molar-refractivity contribution in [3.63, 3.8) is 0 Å². The van der Waals surface area contributed by atoms with E-state index in [1.807, 2.05) is 0 Å². The topological polar surface area (TPSA) is 57.2 Å². The van der Waals surface area contributed by atoms with Crippen molar-refractivity contribution < 1.29 is 24.4 Å². The smallest absolute Gasteiger partial charge is 0.307 e. The highest BCUT2D eigenvalue weighted by atomic mass is 31.2. The summed E-state index contributed by atoms with van der Waals surface area (Å²) in [5.41, 5.74) is 4.44. The molecule has 0 saturated heterocycles. The van der Waals surface area contributed by atoms with E-state index in [4.69, 9.17) is 19.5 Å². The monoisotopic (exact) mass is 667 g/mol. The van der Waals surface area contributed by atoms with Crippen LogP contribution in [-0.2, 0) is 16.2 Å². The second kappa shape index (κ2) is 16.5. The molecule has 5 rings (SSSR count).